The van der Waals surface area contributed by atoms with Crippen molar-refractivity contribution in [2.45, 2.75) is 26.2 Å². The van der Waals surface area contributed by atoms with E-state index < -0.39 is 0 Å². The third kappa shape index (κ3) is 4.15. The molecule has 2 aromatic rings. The SMILES string of the molecule is CC(C)(C)c1ccc(C(=O)NCC(=O)Nc2cn[nH]n2)cc1. The second kappa shape index (κ2) is 6.38. The van der Waals surface area contributed by atoms with E-state index in [-0.39, 0.29) is 23.8 Å². The van der Waals surface area contributed by atoms with Crippen LogP contribution < -0.4 is 10.6 Å². The summed E-state index contributed by atoms with van der Waals surface area (Å²) in [5, 5.41) is 14.7. The van der Waals surface area contributed by atoms with E-state index in [2.05, 4.69) is 46.8 Å². The molecule has 0 fully saturated rings. The van der Waals surface area contributed by atoms with E-state index >= 15 is 0 Å². The molecule has 0 bridgehead atoms. The van der Waals surface area contributed by atoms with Crippen LogP contribution >= 0.6 is 0 Å². The van der Waals surface area contributed by atoms with Gasteiger partial charge in [0.25, 0.3) is 5.91 Å². The highest BCUT2D eigenvalue weighted by atomic mass is 16.2. The van der Waals surface area contributed by atoms with Gasteiger partial charge in [-0.05, 0) is 23.1 Å². The first kappa shape index (κ1) is 15.7. The maximum atomic E-state index is 12.0. The van der Waals surface area contributed by atoms with Crippen LogP contribution in [0.3, 0.4) is 0 Å². The maximum Gasteiger partial charge on any atom is 0.251 e. The zero-order valence-electron chi connectivity index (χ0n) is 12.8. The fraction of sp³-hybridized carbons (Fsp3) is 0.333. The molecule has 0 radical (unpaired) electrons. The number of carbonyl (C=O) groups is 2. The van der Waals surface area contributed by atoms with E-state index in [1.807, 2.05) is 12.1 Å². The predicted octanol–water partition coefficient (Wildman–Crippen LogP) is 1.47. The topological polar surface area (TPSA) is 99.8 Å². The lowest BCUT2D eigenvalue weighted by atomic mass is 9.87. The van der Waals surface area contributed by atoms with E-state index in [1.165, 1.54) is 6.20 Å². The van der Waals surface area contributed by atoms with Gasteiger partial charge in [0.1, 0.15) is 0 Å². The highest BCUT2D eigenvalue weighted by Crippen LogP contribution is 2.22. The van der Waals surface area contributed by atoms with Crippen molar-refractivity contribution in [1.82, 2.24) is 20.7 Å². The second-order valence-electron chi connectivity index (χ2n) is 5.91. The Hall–Kier alpha value is -2.70. The van der Waals surface area contributed by atoms with Crippen molar-refractivity contribution in [3.8, 4) is 0 Å². The van der Waals surface area contributed by atoms with Crippen molar-refractivity contribution in [1.29, 1.82) is 0 Å². The van der Waals surface area contributed by atoms with Gasteiger partial charge >= 0.3 is 0 Å². The molecule has 2 amide bonds. The molecule has 1 heterocycles. The van der Waals surface area contributed by atoms with Gasteiger partial charge in [0.05, 0.1) is 12.7 Å². The number of aromatic nitrogens is 3. The van der Waals surface area contributed by atoms with Gasteiger partial charge in [0.15, 0.2) is 5.82 Å². The Morgan fingerprint density at radius 3 is 2.41 bits per heavy atom. The molecule has 2 rings (SSSR count). The molecular weight excluding hydrogens is 282 g/mol. The van der Waals surface area contributed by atoms with Gasteiger partial charge in [0.2, 0.25) is 5.91 Å². The summed E-state index contributed by atoms with van der Waals surface area (Å²) in [6, 6.07) is 7.35. The first-order chi connectivity index (χ1) is 10.4. The summed E-state index contributed by atoms with van der Waals surface area (Å²) < 4.78 is 0. The molecule has 7 heteroatoms. The zero-order chi connectivity index (χ0) is 16.2. The van der Waals surface area contributed by atoms with Crippen LogP contribution in [0.15, 0.2) is 30.5 Å². The number of rotatable bonds is 4. The smallest absolute Gasteiger partial charge is 0.251 e. The Balaban J connectivity index is 1.88. The highest BCUT2D eigenvalue weighted by Gasteiger charge is 2.14. The van der Waals surface area contributed by atoms with Crippen molar-refractivity contribution < 1.29 is 9.59 Å². The summed E-state index contributed by atoms with van der Waals surface area (Å²) >= 11 is 0. The Morgan fingerprint density at radius 2 is 1.86 bits per heavy atom. The van der Waals surface area contributed by atoms with Crippen molar-refractivity contribution in [3.05, 3.63) is 41.6 Å². The Labute approximate surface area is 128 Å². The average Bonchev–Trinajstić information content (AvgIpc) is 2.97. The highest BCUT2D eigenvalue weighted by molar-refractivity contribution is 5.98. The fourth-order valence-corrected chi connectivity index (χ4v) is 1.83. The minimum atomic E-state index is -0.367. The summed E-state index contributed by atoms with van der Waals surface area (Å²) in [6.07, 6.45) is 1.38. The number of nitrogens with one attached hydrogen (secondary N) is 3. The Bertz CT molecular complexity index is 642. The first-order valence-corrected chi connectivity index (χ1v) is 6.90. The van der Waals surface area contributed by atoms with Crippen LogP contribution in [-0.2, 0) is 10.2 Å². The van der Waals surface area contributed by atoms with Crippen molar-refractivity contribution in [2.24, 2.45) is 0 Å². The summed E-state index contributed by atoms with van der Waals surface area (Å²) in [5.41, 5.74) is 1.70. The molecule has 0 aliphatic rings. The number of anilines is 1. The summed E-state index contributed by atoms with van der Waals surface area (Å²) in [7, 11) is 0. The van der Waals surface area contributed by atoms with Gasteiger partial charge in [-0.1, -0.05) is 32.9 Å². The summed E-state index contributed by atoms with van der Waals surface area (Å²) in [6.45, 7) is 6.19. The van der Waals surface area contributed by atoms with Crippen molar-refractivity contribution >= 4 is 17.6 Å². The molecule has 7 nitrogen and oxygen atoms in total. The van der Waals surface area contributed by atoms with Gasteiger partial charge in [-0.25, -0.2) is 0 Å². The van der Waals surface area contributed by atoms with E-state index in [1.54, 1.807) is 12.1 Å². The monoisotopic (exact) mass is 301 g/mol. The fourth-order valence-electron chi connectivity index (χ4n) is 1.83. The van der Waals surface area contributed by atoms with Crippen molar-refractivity contribution in [3.63, 3.8) is 0 Å². The molecular formula is C15H19N5O2. The van der Waals surface area contributed by atoms with Gasteiger partial charge in [-0.3, -0.25) is 9.59 Å². The van der Waals surface area contributed by atoms with Gasteiger partial charge in [0, 0.05) is 5.56 Å². The third-order valence-electron chi connectivity index (χ3n) is 3.11. The lowest BCUT2D eigenvalue weighted by Gasteiger charge is -2.19. The predicted molar refractivity (Wildman–Crippen MR) is 82.5 cm³/mol. The third-order valence-corrected chi connectivity index (χ3v) is 3.11. The van der Waals surface area contributed by atoms with Crippen LogP contribution in [0.5, 0.6) is 0 Å². The number of benzene rings is 1. The van der Waals surface area contributed by atoms with Crippen LogP contribution in [0.4, 0.5) is 5.82 Å². The largest absolute Gasteiger partial charge is 0.343 e. The number of aromatic amines is 1. The molecule has 0 unspecified atom stereocenters. The lowest BCUT2D eigenvalue weighted by Crippen LogP contribution is -2.33. The minimum Gasteiger partial charge on any atom is -0.343 e. The summed E-state index contributed by atoms with van der Waals surface area (Å²) in [4.78, 5) is 23.6. The normalized spacial score (nSPS) is 11.0. The molecule has 22 heavy (non-hydrogen) atoms. The zero-order valence-corrected chi connectivity index (χ0v) is 12.8. The first-order valence-electron chi connectivity index (χ1n) is 6.90. The van der Waals surface area contributed by atoms with Crippen molar-refractivity contribution in [2.75, 3.05) is 11.9 Å². The number of carbonyl (C=O) groups excluding carboxylic acids is 2. The number of H-pyrrole nitrogens is 1. The van der Waals surface area contributed by atoms with Crippen LogP contribution in [-0.4, -0.2) is 33.8 Å². The Morgan fingerprint density at radius 1 is 1.18 bits per heavy atom. The van der Waals surface area contributed by atoms with Crippen LogP contribution in [0.1, 0.15) is 36.7 Å². The second-order valence-corrected chi connectivity index (χ2v) is 5.91. The summed E-state index contributed by atoms with van der Waals surface area (Å²) in [5.74, 6) is -0.349. The average molecular weight is 301 g/mol. The molecule has 0 aliphatic heterocycles. The standard InChI is InChI=1S/C15H19N5O2/c1-15(2,3)11-6-4-10(5-7-11)14(22)16-9-13(21)18-12-8-17-20-19-12/h4-8H,9H2,1-3H3,(H,16,22)(H2,17,18,19,20,21). The molecule has 0 aliphatic carbocycles. The molecule has 1 aromatic carbocycles. The van der Waals surface area contributed by atoms with E-state index in [0.29, 0.717) is 11.4 Å². The van der Waals surface area contributed by atoms with Crippen LogP contribution in [0.25, 0.3) is 0 Å². The lowest BCUT2D eigenvalue weighted by molar-refractivity contribution is -0.115. The molecule has 0 spiro atoms. The minimum absolute atomic E-state index is 0.0342. The number of hydrogen-bond acceptors (Lipinski definition) is 4. The molecule has 0 saturated heterocycles. The van der Waals surface area contributed by atoms with Crippen LogP contribution in [0.2, 0.25) is 0 Å². The van der Waals surface area contributed by atoms with E-state index in [9.17, 15) is 9.59 Å². The number of amides is 2. The quantitative estimate of drug-likeness (QED) is 0.796. The number of nitrogens with zero attached hydrogens (tertiary/aromatic N) is 2. The van der Waals surface area contributed by atoms with Crippen LogP contribution in [0, 0.1) is 0 Å². The molecule has 0 atom stereocenters. The van der Waals surface area contributed by atoms with E-state index in [0.717, 1.165) is 5.56 Å². The van der Waals surface area contributed by atoms with Gasteiger partial charge < -0.3 is 10.6 Å². The maximum absolute atomic E-state index is 12.0. The molecule has 0 saturated carbocycles. The number of hydrogen-bond donors (Lipinski definition) is 3. The van der Waals surface area contributed by atoms with E-state index in [4.69, 9.17) is 0 Å². The Kier molecular flexibility index (Phi) is 4.55. The molecule has 1 aromatic heterocycles. The van der Waals surface area contributed by atoms with Gasteiger partial charge in [-0.2, -0.15) is 10.3 Å². The molecule has 116 valence electrons. The van der Waals surface area contributed by atoms with Gasteiger partial charge in [-0.15, -0.1) is 5.10 Å². The molecule has 3 N–H and O–H groups in total.